The highest BCUT2D eigenvalue weighted by Gasteiger charge is 2.31. The fourth-order valence-corrected chi connectivity index (χ4v) is 3.01. The zero-order chi connectivity index (χ0) is 17.4. The van der Waals surface area contributed by atoms with E-state index in [9.17, 15) is 9.59 Å². The first-order valence-electron chi connectivity index (χ1n) is 8.41. The summed E-state index contributed by atoms with van der Waals surface area (Å²) in [6.45, 7) is 1.45. The summed E-state index contributed by atoms with van der Waals surface area (Å²) in [5, 5.41) is 12.1. The van der Waals surface area contributed by atoms with Crippen LogP contribution in [-0.2, 0) is 16.0 Å². The van der Waals surface area contributed by atoms with Crippen molar-refractivity contribution in [1.29, 1.82) is 0 Å². The number of urea groups is 1. The molecule has 1 fully saturated rings. The van der Waals surface area contributed by atoms with Gasteiger partial charge in [-0.15, -0.1) is 0 Å². The highest BCUT2D eigenvalue weighted by Crippen LogP contribution is 2.17. The first-order valence-corrected chi connectivity index (χ1v) is 8.41. The number of hydrogen-bond acceptors (Lipinski definition) is 3. The monoisotopic (exact) mass is 334 g/mol. The number of carboxylic acids is 1. The van der Waals surface area contributed by atoms with Crippen LogP contribution in [0.5, 0.6) is 0 Å². The normalized spacial score (nSPS) is 18.4. The van der Waals surface area contributed by atoms with Crippen molar-refractivity contribution >= 4 is 12.0 Å². The maximum atomic E-state index is 12.4. The van der Waals surface area contributed by atoms with Crippen LogP contribution in [0.4, 0.5) is 4.79 Å². The number of carbonyl (C=O) groups excluding carboxylic acids is 1. The van der Waals surface area contributed by atoms with Gasteiger partial charge in [0.05, 0.1) is 5.92 Å². The summed E-state index contributed by atoms with van der Waals surface area (Å²) >= 11 is 0. The van der Waals surface area contributed by atoms with Crippen molar-refractivity contribution in [3.63, 3.8) is 0 Å². The van der Waals surface area contributed by atoms with Crippen LogP contribution in [0.2, 0.25) is 0 Å². The van der Waals surface area contributed by atoms with Crippen LogP contribution in [-0.4, -0.2) is 54.9 Å². The van der Waals surface area contributed by atoms with Gasteiger partial charge in [-0.25, -0.2) is 4.79 Å². The average Bonchev–Trinajstić information content (AvgIpc) is 3.06. The van der Waals surface area contributed by atoms with E-state index in [1.165, 1.54) is 5.56 Å². The van der Waals surface area contributed by atoms with Gasteiger partial charge in [-0.2, -0.15) is 0 Å². The van der Waals surface area contributed by atoms with Crippen molar-refractivity contribution in [3.05, 3.63) is 35.9 Å². The molecule has 1 saturated heterocycles. The maximum Gasteiger partial charge on any atom is 0.317 e. The summed E-state index contributed by atoms with van der Waals surface area (Å²) in [7, 11) is 1.67. The number of aliphatic carboxylic acids is 1. The second kappa shape index (κ2) is 9.27. The third kappa shape index (κ3) is 5.53. The summed E-state index contributed by atoms with van der Waals surface area (Å²) in [6.07, 6.45) is 2.97. The highest BCUT2D eigenvalue weighted by atomic mass is 16.5. The van der Waals surface area contributed by atoms with Gasteiger partial charge < -0.3 is 20.1 Å². The molecule has 2 N–H and O–H groups in total. The lowest BCUT2D eigenvalue weighted by atomic mass is 10.0. The molecule has 1 aliphatic rings. The van der Waals surface area contributed by atoms with E-state index in [1.54, 1.807) is 12.0 Å². The number of methoxy groups -OCH3 is 1. The van der Waals surface area contributed by atoms with Crippen molar-refractivity contribution in [2.75, 3.05) is 26.8 Å². The lowest BCUT2D eigenvalue weighted by Gasteiger charge is -2.23. The molecule has 1 heterocycles. The largest absolute Gasteiger partial charge is 0.481 e. The van der Waals surface area contributed by atoms with Crippen LogP contribution < -0.4 is 5.32 Å². The van der Waals surface area contributed by atoms with Gasteiger partial charge in [0.25, 0.3) is 0 Å². The van der Waals surface area contributed by atoms with Crippen molar-refractivity contribution in [2.45, 2.75) is 31.7 Å². The molecule has 6 nitrogen and oxygen atoms in total. The third-order valence-electron chi connectivity index (χ3n) is 4.38. The van der Waals surface area contributed by atoms with Crippen molar-refractivity contribution in [2.24, 2.45) is 5.92 Å². The minimum absolute atomic E-state index is 0.0129. The molecule has 0 saturated carbocycles. The number of hydrogen-bond donors (Lipinski definition) is 2. The Labute approximate surface area is 142 Å². The summed E-state index contributed by atoms with van der Waals surface area (Å²) < 4.78 is 5.10. The lowest BCUT2D eigenvalue weighted by molar-refractivity contribution is -0.141. The quantitative estimate of drug-likeness (QED) is 0.714. The van der Waals surface area contributed by atoms with Crippen molar-refractivity contribution < 1.29 is 19.4 Å². The predicted molar refractivity (Wildman–Crippen MR) is 90.9 cm³/mol. The van der Waals surface area contributed by atoms with E-state index in [0.717, 1.165) is 19.3 Å². The number of amides is 2. The number of nitrogens with one attached hydrogen (secondary N) is 1. The number of carboxylic acid groups (broad SMARTS) is 1. The average molecular weight is 334 g/mol. The van der Waals surface area contributed by atoms with Gasteiger partial charge in [0.1, 0.15) is 0 Å². The molecule has 24 heavy (non-hydrogen) atoms. The molecule has 0 spiro atoms. The number of carbonyl (C=O) groups is 2. The zero-order valence-corrected chi connectivity index (χ0v) is 14.1. The number of benzene rings is 1. The smallest absolute Gasteiger partial charge is 0.317 e. The van der Waals surface area contributed by atoms with E-state index >= 15 is 0 Å². The van der Waals surface area contributed by atoms with E-state index < -0.39 is 11.9 Å². The minimum atomic E-state index is -0.828. The molecule has 0 aromatic heterocycles. The molecule has 0 bridgehead atoms. The van der Waals surface area contributed by atoms with Crippen LogP contribution in [0.15, 0.2) is 30.3 Å². The molecule has 0 aliphatic carbocycles. The summed E-state index contributed by atoms with van der Waals surface area (Å²) in [5.74, 6) is -1.27. The van der Waals surface area contributed by atoms with Crippen LogP contribution in [0, 0.1) is 5.92 Å². The van der Waals surface area contributed by atoms with E-state index in [-0.39, 0.29) is 18.6 Å². The first-order chi connectivity index (χ1) is 11.6. The Balaban J connectivity index is 1.91. The lowest BCUT2D eigenvalue weighted by Crippen LogP contribution is -2.45. The molecule has 1 aliphatic heterocycles. The Morgan fingerprint density at radius 3 is 2.75 bits per heavy atom. The molecule has 132 valence electrons. The Kier molecular flexibility index (Phi) is 7.06. The highest BCUT2D eigenvalue weighted by molar-refractivity contribution is 5.77. The number of rotatable bonds is 8. The Hall–Kier alpha value is -2.08. The van der Waals surface area contributed by atoms with Gasteiger partial charge in [-0.1, -0.05) is 30.3 Å². The van der Waals surface area contributed by atoms with E-state index in [1.807, 2.05) is 30.3 Å². The third-order valence-corrected chi connectivity index (χ3v) is 4.38. The molecular formula is C18H26N2O4. The van der Waals surface area contributed by atoms with Gasteiger partial charge >= 0.3 is 12.0 Å². The topological polar surface area (TPSA) is 78.9 Å². The van der Waals surface area contributed by atoms with Crippen molar-refractivity contribution in [1.82, 2.24) is 10.2 Å². The summed E-state index contributed by atoms with van der Waals surface area (Å²) in [4.78, 5) is 25.1. The number of likely N-dealkylation sites (tertiary alicyclic amines) is 1. The van der Waals surface area contributed by atoms with Gasteiger partial charge in [0.15, 0.2) is 0 Å². The Morgan fingerprint density at radius 1 is 1.38 bits per heavy atom. The standard InChI is InChI=1S/C18H26N2O4/c1-24-11-5-8-16(12-14-6-3-2-4-7-14)19-18(23)20-10-9-15(13-20)17(21)22/h2-4,6-7,15-16H,5,8-13H2,1H3,(H,19,23)(H,21,22). The minimum Gasteiger partial charge on any atom is -0.481 e. The zero-order valence-electron chi connectivity index (χ0n) is 14.1. The predicted octanol–water partition coefficient (Wildman–Crippen LogP) is 2.14. The molecule has 1 aromatic carbocycles. The molecule has 0 radical (unpaired) electrons. The SMILES string of the molecule is COCCCC(Cc1ccccc1)NC(=O)N1CCC(C(=O)O)C1. The van der Waals surface area contributed by atoms with Crippen LogP contribution in [0.25, 0.3) is 0 Å². The van der Waals surface area contributed by atoms with E-state index in [2.05, 4.69) is 5.32 Å². The fraction of sp³-hybridized carbons (Fsp3) is 0.556. The van der Waals surface area contributed by atoms with Crippen molar-refractivity contribution in [3.8, 4) is 0 Å². The fourth-order valence-electron chi connectivity index (χ4n) is 3.01. The summed E-state index contributed by atoms with van der Waals surface area (Å²) in [5.41, 5.74) is 1.17. The Bertz CT molecular complexity index is 535. The first kappa shape index (κ1) is 18.3. The summed E-state index contributed by atoms with van der Waals surface area (Å²) in [6, 6.07) is 9.88. The Morgan fingerprint density at radius 2 is 2.12 bits per heavy atom. The van der Waals surface area contributed by atoms with Gasteiger partial charge in [0, 0.05) is 32.8 Å². The second-order valence-corrected chi connectivity index (χ2v) is 6.24. The molecule has 1 aromatic rings. The molecule has 2 amide bonds. The van der Waals surface area contributed by atoms with E-state index in [0.29, 0.717) is 19.6 Å². The van der Waals surface area contributed by atoms with E-state index in [4.69, 9.17) is 9.84 Å². The molecular weight excluding hydrogens is 308 g/mol. The van der Waals surface area contributed by atoms with Gasteiger partial charge in [-0.3, -0.25) is 4.79 Å². The van der Waals surface area contributed by atoms with Crippen LogP contribution in [0.3, 0.4) is 0 Å². The molecule has 2 unspecified atom stereocenters. The van der Waals surface area contributed by atoms with Gasteiger partial charge in [0.2, 0.25) is 0 Å². The van der Waals surface area contributed by atoms with Crippen LogP contribution in [0.1, 0.15) is 24.8 Å². The van der Waals surface area contributed by atoms with Crippen LogP contribution >= 0.6 is 0 Å². The van der Waals surface area contributed by atoms with Gasteiger partial charge in [-0.05, 0) is 31.2 Å². The maximum absolute atomic E-state index is 12.4. The number of ether oxygens (including phenoxy) is 1. The number of nitrogens with zero attached hydrogens (tertiary/aromatic N) is 1. The molecule has 2 rings (SSSR count). The molecule has 6 heteroatoms. The molecule has 2 atom stereocenters. The second-order valence-electron chi connectivity index (χ2n) is 6.24.